The lowest BCUT2D eigenvalue weighted by Crippen LogP contribution is -2.38. The average Bonchev–Trinajstić information content (AvgIpc) is 2.36. The zero-order valence-corrected chi connectivity index (χ0v) is 12.3. The number of sulfonamides is 1. The molecule has 0 atom stereocenters. The number of nitrogens with two attached hydrogens (primary N) is 1. The summed E-state index contributed by atoms with van der Waals surface area (Å²) in [4.78, 5) is 11.4. The summed E-state index contributed by atoms with van der Waals surface area (Å²) < 4.78 is 31.0. The zero-order valence-electron chi connectivity index (χ0n) is 11.5. The van der Waals surface area contributed by atoms with Crippen LogP contribution >= 0.6 is 0 Å². The van der Waals surface area contributed by atoms with Gasteiger partial charge in [-0.2, -0.15) is 0 Å². The van der Waals surface area contributed by atoms with Crippen LogP contribution < -0.4 is 15.8 Å². The van der Waals surface area contributed by atoms with E-state index in [2.05, 4.69) is 10.0 Å². The van der Waals surface area contributed by atoms with E-state index in [1.165, 1.54) is 13.2 Å². The lowest BCUT2D eigenvalue weighted by atomic mass is 10.2. The molecule has 0 fully saturated rings. The van der Waals surface area contributed by atoms with Gasteiger partial charge in [-0.3, -0.25) is 4.79 Å². The molecule has 0 aliphatic carbocycles. The van der Waals surface area contributed by atoms with Gasteiger partial charge in [0.15, 0.2) is 0 Å². The van der Waals surface area contributed by atoms with Crippen LogP contribution in [0.15, 0.2) is 23.1 Å². The Labute approximate surface area is 118 Å². The minimum Gasteiger partial charge on any atom is -0.398 e. The molecule has 0 heterocycles. The van der Waals surface area contributed by atoms with Crippen molar-refractivity contribution in [2.45, 2.75) is 11.8 Å². The maximum Gasteiger partial charge on any atom is 0.243 e. The second-order valence-corrected chi connectivity index (χ2v) is 5.94. The van der Waals surface area contributed by atoms with E-state index in [1.807, 2.05) is 6.92 Å². The number of ether oxygens (including phenoxy) is 1. The van der Waals surface area contributed by atoms with Crippen molar-refractivity contribution in [3.63, 3.8) is 0 Å². The van der Waals surface area contributed by atoms with Gasteiger partial charge in [0.1, 0.15) is 4.90 Å². The minimum atomic E-state index is -3.80. The molecule has 0 aliphatic heterocycles. The number of rotatable bonds is 7. The van der Waals surface area contributed by atoms with Gasteiger partial charge >= 0.3 is 0 Å². The first-order valence-electron chi connectivity index (χ1n) is 5.98. The molecule has 112 valence electrons. The average molecular weight is 301 g/mol. The smallest absolute Gasteiger partial charge is 0.243 e. The van der Waals surface area contributed by atoms with Crippen molar-refractivity contribution in [2.24, 2.45) is 0 Å². The van der Waals surface area contributed by atoms with E-state index in [0.29, 0.717) is 13.2 Å². The summed E-state index contributed by atoms with van der Waals surface area (Å²) in [7, 11) is -2.29. The van der Waals surface area contributed by atoms with Crippen molar-refractivity contribution in [1.29, 1.82) is 0 Å². The zero-order chi connectivity index (χ0) is 15.2. The van der Waals surface area contributed by atoms with Gasteiger partial charge < -0.3 is 15.8 Å². The second-order valence-electron chi connectivity index (χ2n) is 4.21. The van der Waals surface area contributed by atoms with Crippen molar-refractivity contribution in [3.05, 3.63) is 23.8 Å². The van der Waals surface area contributed by atoms with Crippen LogP contribution in [0.5, 0.6) is 0 Å². The predicted molar refractivity (Wildman–Crippen MR) is 75.7 cm³/mol. The van der Waals surface area contributed by atoms with E-state index in [1.54, 1.807) is 12.1 Å². The topological polar surface area (TPSA) is 111 Å². The van der Waals surface area contributed by atoms with Crippen LogP contribution in [0.25, 0.3) is 0 Å². The van der Waals surface area contributed by atoms with E-state index in [-0.39, 0.29) is 17.1 Å². The van der Waals surface area contributed by atoms with Crippen LogP contribution in [0.1, 0.15) is 5.56 Å². The van der Waals surface area contributed by atoms with Crippen molar-refractivity contribution in [2.75, 3.05) is 32.5 Å². The normalized spacial score (nSPS) is 11.3. The summed E-state index contributed by atoms with van der Waals surface area (Å²) in [6, 6.07) is 4.62. The first-order valence-corrected chi connectivity index (χ1v) is 7.46. The van der Waals surface area contributed by atoms with Gasteiger partial charge in [-0.05, 0) is 24.6 Å². The Hall–Kier alpha value is -1.64. The number of benzene rings is 1. The molecule has 0 radical (unpaired) electrons. The lowest BCUT2D eigenvalue weighted by molar-refractivity contribution is -0.120. The fourth-order valence-electron chi connectivity index (χ4n) is 1.51. The van der Waals surface area contributed by atoms with E-state index >= 15 is 0 Å². The second kappa shape index (κ2) is 7.22. The highest BCUT2D eigenvalue weighted by Gasteiger charge is 2.18. The molecule has 0 spiro atoms. The first kappa shape index (κ1) is 16.4. The Kier molecular flexibility index (Phi) is 5.93. The lowest BCUT2D eigenvalue weighted by Gasteiger charge is -2.10. The SMILES string of the molecule is COCCNC(=O)CNS(=O)(=O)c1ccc(C)cc1N. The first-order chi connectivity index (χ1) is 9.36. The number of carbonyl (C=O) groups excluding carboxylic acids is 1. The number of nitrogen functional groups attached to an aromatic ring is 1. The summed E-state index contributed by atoms with van der Waals surface area (Å²) in [5.41, 5.74) is 6.69. The highest BCUT2D eigenvalue weighted by atomic mass is 32.2. The maximum absolute atomic E-state index is 12.0. The molecule has 0 aromatic heterocycles. The Morgan fingerprint density at radius 3 is 2.70 bits per heavy atom. The molecular formula is C12H19N3O4S. The van der Waals surface area contributed by atoms with E-state index in [9.17, 15) is 13.2 Å². The van der Waals surface area contributed by atoms with Crippen LogP contribution in [0.4, 0.5) is 5.69 Å². The number of hydrogen-bond acceptors (Lipinski definition) is 5. The Morgan fingerprint density at radius 2 is 2.10 bits per heavy atom. The predicted octanol–water partition coefficient (Wildman–Crippen LogP) is -0.382. The molecule has 0 saturated heterocycles. The van der Waals surface area contributed by atoms with Gasteiger partial charge in [-0.15, -0.1) is 0 Å². The van der Waals surface area contributed by atoms with Crippen LogP contribution in [0.3, 0.4) is 0 Å². The standard InChI is InChI=1S/C12H19N3O4S/c1-9-3-4-11(10(13)7-9)20(17,18)15-8-12(16)14-5-6-19-2/h3-4,7,15H,5-6,8,13H2,1-2H3,(H,14,16). The third-order valence-electron chi connectivity index (χ3n) is 2.51. The molecule has 0 aliphatic rings. The van der Waals surface area contributed by atoms with Gasteiger partial charge in [0.25, 0.3) is 0 Å². The van der Waals surface area contributed by atoms with Crippen LogP contribution in [0.2, 0.25) is 0 Å². The van der Waals surface area contributed by atoms with Gasteiger partial charge in [0.05, 0.1) is 18.8 Å². The number of carbonyl (C=O) groups is 1. The van der Waals surface area contributed by atoms with Gasteiger partial charge in [-0.25, -0.2) is 13.1 Å². The molecule has 1 aromatic rings. The molecule has 0 saturated carbocycles. The number of methoxy groups -OCH3 is 1. The van der Waals surface area contributed by atoms with E-state index in [0.717, 1.165) is 5.56 Å². The van der Waals surface area contributed by atoms with Crippen LogP contribution in [-0.2, 0) is 19.6 Å². The largest absolute Gasteiger partial charge is 0.398 e. The number of anilines is 1. The molecule has 0 bridgehead atoms. The van der Waals surface area contributed by atoms with Crippen molar-refractivity contribution in [1.82, 2.24) is 10.0 Å². The van der Waals surface area contributed by atoms with Crippen molar-refractivity contribution < 1.29 is 17.9 Å². The van der Waals surface area contributed by atoms with Crippen LogP contribution in [-0.4, -0.2) is 41.1 Å². The highest BCUT2D eigenvalue weighted by Crippen LogP contribution is 2.18. The molecule has 1 amide bonds. The Bertz CT molecular complexity index is 572. The van der Waals surface area contributed by atoms with Crippen LogP contribution in [0, 0.1) is 6.92 Å². The quantitative estimate of drug-likeness (QED) is 0.469. The van der Waals surface area contributed by atoms with Crippen molar-refractivity contribution >= 4 is 21.6 Å². The molecule has 7 nitrogen and oxygen atoms in total. The summed E-state index contributed by atoms with van der Waals surface area (Å²) in [5, 5.41) is 2.51. The third-order valence-corrected chi connectivity index (χ3v) is 3.98. The van der Waals surface area contributed by atoms with Gasteiger partial charge in [0, 0.05) is 13.7 Å². The number of nitrogens with one attached hydrogen (secondary N) is 2. The summed E-state index contributed by atoms with van der Waals surface area (Å²) in [5.74, 6) is -0.434. The number of amides is 1. The Morgan fingerprint density at radius 1 is 1.40 bits per heavy atom. The van der Waals surface area contributed by atoms with Gasteiger partial charge in [-0.1, -0.05) is 6.07 Å². The van der Waals surface area contributed by atoms with E-state index < -0.39 is 15.9 Å². The summed E-state index contributed by atoms with van der Waals surface area (Å²) >= 11 is 0. The number of hydrogen-bond donors (Lipinski definition) is 3. The fraction of sp³-hybridized carbons (Fsp3) is 0.417. The molecule has 4 N–H and O–H groups in total. The van der Waals surface area contributed by atoms with Gasteiger partial charge in [0.2, 0.25) is 15.9 Å². The Balaban J connectivity index is 2.64. The molecule has 20 heavy (non-hydrogen) atoms. The monoisotopic (exact) mass is 301 g/mol. The highest BCUT2D eigenvalue weighted by molar-refractivity contribution is 7.89. The maximum atomic E-state index is 12.0. The van der Waals surface area contributed by atoms with E-state index in [4.69, 9.17) is 10.5 Å². The molecular weight excluding hydrogens is 282 g/mol. The molecule has 1 aromatic carbocycles. The fourth-order valence-corrected chi connectivity index (χ4v) is 2.60. The minimum absolute atomic E-state index is 0.0345. The number of aryl methyl sites for hydroxylation is 1. The molecule has 0 unspecified atom stereocenters. The third kappa shape index (κ3) is 4.80. The summed E-state index contributed by atoms with van der Waals surface area (Å²) in [6.07, 6.45) is 0. The molecule has 1 rings (SSSR count). The summed E-state index contributed by atoms with van der Waals surface area (Å²) in [6.45, 7) is 2.15. The van der Waals surface area contributed by atoms with Crippen molar-refractivity contribution in [3.8, 4) is 0 Å². The molecule has 8 heteroatoms.